The fourth-order valence-corrected chi connectivity index (χ4v) is 4.86. The summed E-state index contributed by atoms with van der Waals surface area (Å²) in [5.74, 6) is -1.44. The highest BCUT2D eigenvalue weighted by atomic mass is 32.1. The lowest BCUT2D eigenvalue weighted by molar-refractivity contribution is -0.132. The molecule has 3 aromatic rings. The first-order valence-electron chi connectivity index (χ1n) is 11.6. The first-order valence-corrected chi connectivity index (χ1v) is 12.5. The average molecular weight is 522 g/mol. The van der Waals surface area contributed by atoms with Gasteiger partial charge in [0.05, 0.1) is 37.5 Å². The van der Waals surface area contributed by atoms with Gasteiger partial charge in [-0.2, -0.15) is 0 Å². The molecule has 1 atom stereocenters. The molecule has 8 nitrogen and oxygen atoms in total. The number of esters is 1. The lowest BCUT2D eigenvalue weighted by atomic mass is 9.99. The molecule has 1 unspecified atom stereocenters. The van der Waals surface area contributed by atoms with E-state index in [9.17, 15) is 19.5 Å². The van der Waals surface area contributed by atoms with Crippen molar-refractivity contribution in [1.82, 2.24) is 0 Å². The normalized spacial score (nSPS) is 16.8. The lowest BCUT2D eigenvalue weighted by Crippen LogP contribution is -2.29. The molecule has 0 saturated carbocycles. The molecule has 1 saturated heterocycles. The molecule has 2 aromatic carbocycles. The monoisotopic (exact) mass is 521 g/mol. The molecule has 1 aliphatic heterocycles. The van der Waals surface area contributed by atoms with E-state index in [1.807, 2.05) is 25.3 Å². The van der Waals surface area contributed by atoms with E-state index < -0.39 is 23.7 Å². The summed E-state index contributed by atoms with van der Waals surface area (Å²) in [6.07, 6.45) is 0. The molecule has 0 aliphatic carbocycles. The summed E-state index contributed by atoms with van der Waals surface area (Å²) < 4.78 is 15.9. The fraction of sp³-hybridized carbons (Fsp3) is 0.250. The molecule has 1 N–H and O–H groups in total. The average Bonchev–Trinajstić information content (AvgIpc) is 3.53. The standard InChI is InChI=1S/C28H27NO7S/c1-16(2)15-36-28(33)17-7-9-18(10-8-17)29-24(22-6-5-13-37-22)23(26(31)27(29)32)25(30)20-12-11-19(34-3)14-21(20)35-4/h5-14,16,24,30H,15H2,1-4H3/b25-23-. The van der Waals surface area contributed by atoms with Crippen LogP contribution in [-0.4, -0.2) is 43.6 Å². The predicted molar refractivity (Wildman–Crippen MR) is 140 cm³/mol. The minimum absolute atomic E-state index is 0.0589. The molecule has 4 rings (SSSR count). The van der Waals surface area contributed by atoms with Crippen LogP contribution in [0.15, 0.2) is 65.6 Å². The highest BCUT2D eigenvalue weighted by molar-refractivity contribution is 7.10. The van der Waals surface area contributed by atoms with Crippen molar-refractivity contribution >= 4 is 40.4 Å². The van der Waals surface area contributed by atoms with Gasteiger partial charge in [-0.05, 0) is 53.8 Å². The van der Waals surface area contributed by atoms with Crippen molar-refractivity contribution in [1.29, 1.82) is 0 Å². The summed E-state index contributed by atoms with van der Waals surface area (Å²) >= 11 is 1.36. The van der Waals surface area contributed by atoms with E-state index in [1.54, 1.807) is 48.5 Å². The number of benzene rings is 2. The zero-order valence-corrected chi connectivity index (χ0v) is 21.7. The first-order chi connectivity index (χ1) is 17.8. The summed E-state index contributed by atoms with van der Waals surface area (Å²) in [5.41, 5.74) is 0.931. The number of hydrogen-bond acceptors (Lipinski definition) is 8. The Bertz CT molecular complexity index is 1340. The van der Waals surface area contributed by atoms with Crippen LogP contribution in [0, 0.1) is 5.92 Å². The van der Waals surface area contributed by atoms with Gasteiger partial charge >= 0.3 is 5.97 Å². The molecule has 0 radical (unpaired) electrons. The molecule has 1 amide bonds. The van der Waals surface area contributed by atoms with E-state index in [0.717, 1.165) is 0 Å². The minimum atomic E-state index is -0.870. The van der Waals surface area contributed by atoms with Gasteiger partial charge in [0.2, 0.25) is 0 Å². The van der Waals surface area contributed by atoms with Crippen molar-refractivity contribution < 1.29 is 33.7 Å². The maximum atomic E-state index is 13.3. The van der Waals surface area contributed by atoms with E-state index in [1.165, 1.54) is 30.5 Å². The molecular weight excluding hydrogens is 494 g/mol. The van der Waals surface area contributed by atoms with Gasteiger partial charge in [-0.1, -0.05) is 19.9 Å². The molecule has 37 heavy (non-hydrogen) atoms. The number of hydrogen-bond donors (Lipinski definition) is 1. The molecule has 1 aromatic heterocycles. The zero-order valence-electron chi connectivity index (χ0n) is 20.9. The summed E-state index contributed by atoms with van der Waals surface area (Å²) in [4.78, 5) is 41.0. The Balaban J connectivity index is 1.78. The second kappa shape index (κ2) is 10.9. The van der Waals surface area contributed by atoms with E-state index in [4.69, 9.17) is 14.2 Å². The van der Waals surface area contributed by atoms with Crippen molar-refractivity contribution in [3.05, 3.63) is 81.6 Å². The highest BCUT2D eigenvalue weighted by Gasteiger charge is 2.47. The van der Waals surface area contributed by atoms with Gasteiger partial charge in [-0.3, -0.25) is 14.5 Å². The molecular formula is C28H27NO7S. The van der Waals surface area contributed by atoms with Gasteiger partial charge in [0, 0.05) is 16.6 Å². The van der Waals surface area contributed by atoms with E-state index >= 15 is 0 Å². The molecule has 0 spiro atoms. The minimum Gasteiger partial charge on any atom is -0.507 e. The van der Waals surface area contributed by atoms with E-state index in [2.05, 4.69) is 0 Å². The second-order valence-electron chi connectivity index (χ2n) is 8.79. The number of thiophene rings is 1. The van der Waals surface area contributed by atoms with Gasteiger partial charge in [0.15, 0.2) is 0 Å². The number of rotatable bonds is 8. The number of ether oxygens (including phenoxy) is 3. The third-order valence-electron chi connectivity index (χ3n) is 5.85. The molecule has 2 heterocycles. The molecule has 192 valence electrons. The maximum Gasteiger partial charge on any atom is 0.338 e. The predicted octanol–water partition coefficient (Wildman–Crippen LogP) is 5.20. The third kappa shape index (κ3) is 5.08. The highest BCUT2D eigenvalue weighted by Crippen LogP contribution is 2.44. The Kier molecular flexibility index (Phi) is 7.63. The van der Waals surface area contributed by atoms with Crippen LogP contribution in [0.4, 0.5) is 5.69 Å². The zero-order chi connectivity index (χ0) is 26.7. The fourth-order valence-electron chi connectivity index (χ4n) is 4.04. The SMILES string of the molecule is COc1ccc(/C(O)=C2/C(=O)C(=O)N(c3ccc(C(=O)OCC(C)C)cc3)C2c2cccs2)c(OC)c1. The Hall–Kier alpha value is -4.11. The van der Waals surface area contributed by atoms with Crippen molar-refractivity contribution in [2.45, 2.75) is 19.9 Å². The van der Waals surface area contributed by atoms with Crippen LogP contribution in [0.3, 0.4) is 0 Å². The van der Waals surface area contributed by atoms with Crippen LogP contribution >= 0.6 is 11.3 Å². The molecule has 9 heteroatoms. The quantitative estimate of drug-likeness (QED) is 0.188. The number of aliphatic hydroxyl groups is 1. The lowest BCUT2D eigenvalue weighted by Gasteiger charge is -2.24. The number of anilines is 1. The van der Waals surface area contributed by atoms with Crippen LogP contribution < -0.4 is 14.4 Å². The number of amides is 1. The topological polar surface area (TPSA) is 102 Å². The van der Waals surface area contributed by atoms with Crippen molar-refractivity contribution in [3.63, 3.8) is 0 Å². The molecule has 0 bridgehead atoms. The maximum absolute atomic E-state index is 13.3. The van der Waals surface area contributed by atoms with Crippen molar-refractivity contribution in [2.75, 3.05) is 25.7 Å². The van der Waals surface area contributed by atoms with Gasteiger partial charge in [-0.25, -0.2) is 4.79 Å². The van der Waals surface area contributed by atoms with Crippen LogP contribution in [0.5, 0.6) is 11.5 Å². The number of ketones is 1. The van der Waals surface area contributed by atoms with E-state index in [-0.39, 0.29) is 28.6 Å². The Morgan fingerprint density at radius 2 is 1.78 bits per heavy atom. The summed E-state index contributed by atoms with van der Waals surface area (Å²) in [7, 11) is 2.94. The second-order valence-corrected chi connectivity index (χ2v) is 9.77. The Labute approximate surface area is 218 Å². The third-order valence-corrected chi connectivity index (χ3v) is 6.77. The summed E-state index contributed by atoms with van der Waals surface area (Å²) in [6.45, 7) is 4.18. The van der Waals surface area contributed by atoms with Gasteiger partial charge in [-0.15, -0.1) is 11.3 Å². The van der Waals surface area contributed by atoms with Crippen LogP contribution in [-0.2, 0) is 14.3 Å². The first kappa shape index (κ1) is 26.0. The number of Topliss-reactive ketones (excluding diaryl/α,β-unsaturated/α-hetero) is 1. The number of carbonyl (C=O) groups is 3. The molecule has 1 aliphatic rings. The molecule has 1 fully saturated rings. The van der Waals surface area contributed by atoms with E-state index in [0.29, 0.717) is 28.5 Å². The number of aliphatic hydroxyl groups excluding tert-OH is 1. The largest absolute Gasteiger partial charge is 0.507 e. The Morgan fingerprint density at radius 3 is 2.38 bits per heavy atom. The van der Waals surface area contributed by atoms with Crippen LogP contribution in [0.1, 0.15) is 40.7 Å². The number of carbonyl (C=O) groups excluding carboxylic acids is 3. The van der Waals surface area contributed by atoms with Crippen molar-refractivity contribution in [2.24, 2.45) is 5.92 Å². The summed E-state index contributed by atoms with van der Waals surface area (Å²) in [5, 5.41) is 13.2. The Morgan fingerprint density at radius 1 is 1.05 bits per heavy atom. The number of nitrogens with zero attached hydrogens (tertiary/aromatic N) is 1. The van der Waals surface area contributed by atoms with Crippen LogP contribution in [0.25, 0.3) is 5.76 Å². The summed E-state index contributed by atoms with van der Waals surface area (Å²) in [6, 6.07) is 13.8. The number of methoxy groups -OCH3 is 2. The van der Waals surface area contributed by atoms with Gasteiger partial charge < -0.3 is 19.3 Å². The van der Waals surface area contributed by atoms with Crippen molar-refractivity contribution in [3.8, 4) is 11.5 Å². The smallest absolute Gasteiger partial charge is 0.338 e. The van der Waals surface area contributed by atoms with Gasteiger partial charge in [0.1, 0.15) is 23.3 Å². The van der Waals surface area contributed by atoms with Gasteiger partial charge in [0.25, 0.3) is 11.7 Å². The van der Waals surface area contributed by atoms with Crippen LogP contribution in [0.2, 0.25) is 0 Å².